The summed E-state index contributed by atoms with van der Waals surface area (Å²) in [6, 6.07) is 24.1. The molecule has 8 heteroatoms. The highest BCUT2D eigenvalue weighted by atomic mass is 19.1. The summed E-state index contributed by atoms with van der Waals surface area (Å²) in [7, 11) is 0. The number of carbonyl (C=O) groups is 1. The third kappa shape index (κ3) is 8.86. The van der Waals surface area contributed by atoms with Crippen molar-refractivity contribution in [1.29, 1.82) is 0 Å². The Morgan fingerprint density at radius 3 is 2.58 bits per heavy atom. The molecule has 0 bridgehead atoms. The number of aryl methyl sites for hydroxylation is 1. The number of hydrogen-bond acceptors (Lipinski definition) is 6. The molecule has 1 fully saturated rings. The lowest BCUT2D eigenvalue weighted by atomic mass is 9.98. The summed E-state index contributed by atoms with van der Waals surface area (Å²) in [5.41, 5.74) is 5.50. The minimum Gasteiger partial charge on any atom is -0.492 e. The molecule has 3 aromatic carbocycles. The molecule has 1 amide bonds. The van der Waals surface area contributed by atoms with Crippen LogP contribution in [-0.2, 0) is 35.5 Å². The molecule has 1 N–H and O–H groups in total. The fourth-order valence-electron chi connectivity index (χ4n) is 5.02. The molecule has 224 valence electrons. The van der Waals surface area contributed by atoms with Crippen molar-refractivity contribution in [3.63, 3.8) is 0 Å². The van der Waals surface area contributed by atoms with E-state index in [1.807, 2.05) is 48.5 Å². The van der Waals surface area contributed by atoms with Crippen LogP contribution in [0.5, 0.6) is 11.5 Å². The second kappa shape index (κ2) is 15.3. The molecule has 1 saturated heterocycles. The number of benzene rings is 3. The van der Waals surface area contributed by atoms with E-state index < -0.39 is 0 Å². The van der Waals surface area contributed by atoms with Crippen LogP contribution in [0, 0.1) is 5.82 Å². The molecule has 0 radical (unpaired) electrons. The molecule has 5 rings (SSSR count). The quantitative estimate of drug-likeness (QED) is 0.221. The van der Waals surface area contributed by atoms with Crippen LogP contribution in [0.2, 0.25) is 0 Å². The molecule has 4 aromatic rings. The van der Waals surface area contributed by atoms with Crippen molar-refractivity contribution >= 4 is 5.91 Å². The number of nitrogens with one attached hydrogen (secondary N) is 1. The van der Waals surface area contributed by atoms with Gasteiger partial charge in [-0.1, -0.05) is 49.4 Å². The van der Waals surface area contributed by atoms with E-state index in [1.54, 1.807) is 12.3 Å². The van der Waals surface area contributed by atoms with Crippen molar-refractivity contribution in [2.45, 2.75) is 32.9 Å². The smallest absolute Gasteiger partial charge is 0.226 e. The van der Waals surface area contributed by atoms with Crippen molar-refractivity contribution in [3.05, 3.63) is 113 Å². The van der Waals surface area contributed by atoms with Crippen LogP contribution in [0.3, 0.4) is 0 Å². The average molecular weight is 584 g/mol. The minimum absolute atomic E-state index is 0.117. The Hall–Kier alpha value is -4.27. The minimum atomic E-state index is -0.382. The van der Waals surface area contributed by atoms with Crippen molar-refractivity contribution in [2.24, 2.45) is 0 Å². The molecule has 0 spiro atoms. The van der Waals surface area contributed by atoms with Crippen molar-refractivity contribution in [1.82, 2.24) is 15.2 Å². The van der Waals surface area contributed by atoms with E-state index in [4.69, 9.17) is 14.2 Å². The van der Waals surface area contributed by atoms with E-state index in [0.717, 1.165) is 61.7 Å². The maximum absolute atomic E-state index is 14.0. The van der Waals surface area contributed by atoms with Gasteiger partial charge in [0.25, 0.3) is 0 Å². The second-order valence-electron chi connectivity index (χ2n) is 10.5. The van der Waals surface area contributed by atoms with Crippen LogP contribution in [0.4, 0.5) is 4.39 Å². The molecule has 0 aliphatic carbocycles. The first-order valence-electron chi connectivity index (χ1n) is 14.8. The van der Waals surface area contributed by atoms with Gasteiger partial charge in [-0.2, -0.15) is 0 Å². The van der Waals surface area contributed by atoms with Crippen molar-refractivity contribution < 1.29 is 23.4 Å². The lowest BCUT2D eigenvalue weighted by molar-refractivity contribution is -0.120. The standard InChI is InChI=1S/C35H38FN3O4/c1-2-27-21-32(42-19-16-39-14-17-41-18-15-39)11-12-33(27)28-8-10-31(37-23-28)22-35(40)38-24-29-20-30(36)9-13-34(29)43-25-26-6-4-3-5-7-26/h3-13,20-21,23H,2,14-19,22,24-25H2,1H3,(H,38,40). The first-order chi connectivity index (χ1) is 21.1. The average Bonchev–Trinajstić information content (AvgIpc) is 3.04. The topological polar surface area (TPSA) is 72.9 Å². The van der Waals surface area contributed by atoms with Crippen molar-refractivity contribution in [2.75, 3.05) is 39.5 Å². The highest BCUT2D eigenvalue weighted by molar-refractivity contribution is 5.78. The lowest BCUT2D eigenvalue weighted by Gasteiger charge is -2.26. The van der Waals surface area contributed by atoms with Gasteiger partial charge in [0.2, 0.25) is 5.91 Å². The van der Waals surface area contributed by atoms with Gasteiger partial charge in [-0.25, -0.2) is 4.39 Å². The van der Waals surface area contributed by atoms with E-state index in [2.05, 4.69) is 34.3 Å². The van der Waals surface area contributed by atoms with Gasteiger partial charge in [-0.15, -0.1) is 0 Å². The van der Waals surface area contributed by atoms with Gasteiger partial charge in [0.15, 0.2) is 0 Å². The molecule has 1 aromatic heterocycles. The molecule has 2 heterocycles. The normalized spacial score (nSPS) is 13.4. The Balaban J connectivity index is 1.14. The van der Waals surface area contributed by atoms with Gasteiger partial charge in [0, 0.05) is 49.2 Å². The van der Waals surface area contributed by atoms with E-state index in [1.165, 1.54) is 17.7 Å². The van der Waals surface area contributed by atoms with Gasteiger partial charge in [-0.3, -0.25) is 14.7 Å². The predicted molar refractivity (Wildman–Crippen MR) is 165 cm³/mol. The molecule has 1 aliphatic heterocycles. The maximum atomic E-state index is 14.0. The van der Waals surface area contributed by atoms with Crippen LogP contribution in [0.25, 0.3) is 11.1 Å². The first kappa shape index (κ1) is 30.2. The van der Waals surface area contributed by atoms with Crippen LogP contribution in [-0.4, -0.2) is 55.2 Å². The number of amides is 1. The summed E-state index contributed by atoms with van der Waals surface area (Å²) in [6.07, 6.45) is 2.78. The van der Waals surface area contributed by atoms with Gasteiger partial charge in [0.1, 0.15) is 30.5 Å². The molecule has 0 saturated carbocycles. The SMILES string of the molecule is CCc1cc(OCCN2CCOCC2)ccc1-c1ccc(CC(=O)NCc2cc(F)ccc2OCc2ccccc2)nc1. The van der Waals surface area contributed by atoms with Gasteiger partial charge in [0.05, 0.1) is 19.6 Å². The molecule has 7 nitrogen and oxygen atoms in total. The Morgan fingerprint density at radius 1 is 0.977 bits per heavy atom. The summed E-state index contributed by atoms with van der Waals surface area (Å²) in [6.45, 7) is 7.63. The Morgan fingerprint density at radius 2 is 1.81 bits per heavy atom. The molecule has 0 atom stereocenters. The maximum Gasteiger partial charge on any atom is 0.226 e. The number of pyridine rings is 1. The highest BCUT2D eigenvalue weighted by Gasteiger charge is 2.13. The summed E-state index contributed by atoms with van der Waals surface area (Å²) in [5, 5.41) is 2.87. The molecular formula is C35H38FN3O4. The van der Waals surface area contributed by atoms with E-state index in [0.29, 0.717) is 30.2 Å². The highest BCUT2D eigenvalue weighted by Crippen LogP contribution is 2.28. The zero-order valence-corrected chi connectivity index (χ0v) is 24.6. The Bertz CT molecular complexity index is 1470. The number of ether oxygens (including phenoxy) is 3. The van der Waals surface area contributed by atoms with E-state index >= 15 is 0 Å². The van der Waals surface area contributed by atoms with Crippen LogP contribution in [0.15, 0.2) is 85.1 Å². The zero-order chi connectivity index (χ0) is 29.9. The lowest BCUT2D eigenvalue weighted by Crippen LogP contribution is -2.38. The number of aromatic nitrogens is 1. The number of nitrogens with zero attached hydrogens (tertiary/aromatic N) is 2. The van der Waals surface area contributed by atoms with Crippen molar-refractivity contribution in [3.8, 4) is 22.6 Å². The van der Waals surface area contributed by atoms with E-state index in [9.17, 15) is 9.18 Å². The van der Waals surface area contributed by atoms with Crippen LogP contribution >= 0.6 is 0 Å². The summed E-state index contributed by atoms with van der Waals surface area (Å²) >= 11 is 0. The molecule has 43 heavy (non-hydrogen) atoms. The zero-order valence-electron chi connectivity index (χ0n) is 24.6. The second-order valence-corrected chi connectivity index (χ2v) is 10.5. The third-order valence-corrected chi connectivity index (χ3v) is 7.45. The first-order valence-corrected chi connectivity index (χ1v) is 14.8. The third-order valence-electron chi connectivity index (χ3n) is 7.45. The van der Waals surface area contributed by atoms with Gasteiger partial charge in [-0.05, 0) is 59.5 Å². The van der Waals surface area contributed by atoms with E-state index in [-0.39, 0.29) is 24.7 Å². The number of hydrogen-bond donors (Lipinski definition) is 1. The number of halogens is 1. The number of rotatable bonds is 13. The molecule has 1 aliphatic rings. The predicted octanol–water partition coefficient (Wildman–Crippen LogP) is 5.60. The largest absolute Gasteiger partial charge is 0.492 e. The molecule has 0 unspecified atom stereocenters. The fraction of sp³-hybridized carbons (Fsp3) is 0.314. The van der Waals surface area contributed by atoms with Gasteiger partial charge >= 0.3 is 0 Å². The summed E-state index contributed by atoms with van der Waals surface area (Å²) < 4.78 is 31.3. The fourth-order valence-corrected chi connectivity index (χ4v) is 5.02. The number of morpholine rings is 1. The Kier molecular flexibility index (Phi) is 10.7. The summed E-state index contributed by atoms with van der Waals surface area (Å²) in [5.74, 6) is 0.814. The van der Waals surface area contributed by atoms with Crippen LogP contribution < -0.4 is 14.8 Å². The molecular weight excluding hydrogens is 545 g/mol. The summed E-state index contributed by atoms with van der Waals surface area (Å²) in [4.78, 5) is 19.6. The number of carbonyl (C=O) groups excluding carboxylic acids is 1. The Labute approximate surface area is 252 Å². The van der Waals surface area contributed by atoms with Crippen LogP contribution in [0.1, 0.15) is 29.3 Å². The monoisotopic (exact) mass is 583 g/mol. The van der Waals surface area contributed by atoms with Gasteiger partial charge < -0.3 is 19.5 Å².